The summed E-state index contributed by atoms with van der Waals surface area (Å²) in [5, 5.41) is 13.0. The molecule has 0 radical (unpaired) electrons. The van der Waals surface area contributed by atoms with Crippen LogP contribution in [0, 0.1) is 5.41 Å². The third-order valence-corrected chi connectivity index (χ3v) is 3.24. The summed E-state index contributed by atoms with van der Waals surface area (Å²) in [7, 11) is 0. The van der Waals surface area contributed by atoms with Crippen LogP contribution in [-0.4, -0.2) is 42.2 Å². The summed E-state index contributed by atoms with van der Waals surface area (Å²) >= 11 is 0. The Labute approximate surface area is 120 Å². The Morgan fingerprint density at radius 1 is 0.952 bits per heavy atom. The zero-order valence-electron chi connectivity index (χ0n) is 11.8. The smallest absolute Gasteiger partial charge is 0.405 e. The van der Waals surface area contributed by atoms with Gasteiger partial charge in [0.05, 0.1) is 5.41 Å². The predicted octanol–water partition coefficient (Wildman–Crippen LogP) is 1.06. The van der Waals surface area contributed by atoms with E-state index in [4.69, 9.17) is 5.11 Å². The number of hydrogen-bond donors (Lipinski definition) is 3. The van der Waals surface area contributed by atoms with E-state index < -0.39 is 42.3 Å². The molecule has 0 rings (SSSR count). The third kappa shape index (κ3) is 6.96. The van der Waals surface area contributed by atoms with Crippen molar-refractivity contribution in [2.45, 2.75) is 39.3 Å². The first kappa shape index (κ1) is 19.2. The number of nitrogens with one attached hydrogen (secondary N) is 2. The molecule has 0 saturated carbocycles. The molecule has 0 spiro atoms. The van der Waals surface area contributed by atoms with Crippen molar-refractivity contribution in [3.63, 3.8) is 0 Å². The van der Waals surface area contributed by atoms with Gasteiger partial charge in [-0.05, 0) is 12.8 Å². The molecule has 122 valence electrons. The van der Waals surface area contributed by atoms with Crippen LogP contribution < -0.4 is 10.6 Å². The first-order valence-electron chi connectivity index (χ1n) is 6.40. The molecule has 0 aliphatic heterocycles. The zero-order chi connectivity index (χ0) is 16.7. The second-order valence-electron chi connectivity index (χ2n) is 4.64. The maximum Gasteiger partial charge on any atom is 0.405 e. The lowest BCUT2D eigenvalue weighted by Gasteiger charge is -2.26. The number of carboxylic acid groups (broad SMARTS) is 1. The van der Waals surface area contributed by atoms with Crippen molar-refractivity contribution in [2.24, 2.45) is 5.41 Å². The maximum atomic E-state index is 11.9. The molecule has 0 unspecified atom stereocenters. The van der Waals surface area contributed by atoms with Gasteiger partial charge in [0.2, 0.25) is 11.8 Å². The highest BCUT2D eigenvalue weighted by atomic mass is 19.4. The largest absolute Gasteiger partial charge is 0.481 e. The minimum atomic E-state index is -4.55. The summed E-state index contributed by atoms with van der Waals surface area (Å²) in [5.74, 6) is -2.96. The highest BCUT2D eigenvalue weighted by Gasteiger charge is 2.35. The summed E-state index contributed by atoms with van der Waals surface area (Å²) in [5.41, 5.74) is -1.14. The van der Waals surface area contributed by atoms with Crippen LogP contribution in [0.2, 0.25) is 0 Å². The average Bonchev–Trinajstić information content (AvgIpc) is 2.37. The van der Waals surface area contributed by atoms with E-state index in [9.17, 15) is 27.6 Å². The van der Waals surface area contributed by atoms with Gasteiger partial charge in [-0.2, -0.15) is 13.2 Å². The van der Waals surface area contributed by atoms with E-state index in [1.807, 2.05) is 0 Å². The molecule has 0 aliphatic carbocycles. The molecule has 0 aromatic carbocycles. The van der Waals surface area contributed by atoms with Crippen LogP contribution in [-0.2, 0) is 14.4 Å². The normalized spacial score (nSPS) is 11.9. The Hall–Kier alpha value is -1.80. The Bertz CT molecular complexity index is 392. The standard InChI is InChI=1S/C12H19F3N2O4/c1-3-11(4-2,10(20)21)6-16-8(18)5-9(19)17-7-12(13,14)15/h3-7H2,1-2H3,(H,16,18)(H,17,19)(H,20,21). The predicted molar refractivity (Wildman–Crippen MR) is 67.3 cm³/mol. The highest BCUT2D eigenvalue weighted by molar-refractivity contribution is 5.97. The van der Waals surface area contributed by atoms with Crippen molar-refractivity contribution in [3.8, 4) is 0 Å². The SMILES string of the molecule is CCC(CC)(CNC(=O)CC(=O)NCC(F)(F)F)C(=O)O. The number of rotatable bonds is 8. The molecule has 0 heterocycles. The van der Waals surface area contributed by atoms with E-state index in [0.29, 0.717) is 0 Å². The van der Waals surface area contributed by atoms with Gasteiger partial charge in [-0.1, -0.05) is 13.8 Å². The number of halogens is 3. The fraction of sp³-hybridized carbons (Fsp3) is 0.750. The van der Waals surface area contributed by atoms with Gasteiger partial charge in [0.1, 0.15) is 13.0 Å². The first-order chi connectivity index (χ1) is 9.56. The number of aliphatic carboxylic acids is 1. The van der Waals surface area contributed by atoms with Crippen LogP contribution in [0.4, 0.5) is 13.2 Å². The number of carbonyl (C=O) groups is 3. The lowest BCUT2D eigenvalue weighted by molar-refractivity contribution is -0.149. The molecule has 9 heteroatoms. The average molecular weight is 312 g/mol. The first-order valence-corrected chi connectivity index (χ1v) is 6.40. The summed E-state index contributed by atoms with van der Waals surface area (Å²) in [6.07, 6.45) is -4.77. The summed E-state index contributed by atoms with van der Waals surface area (Å²) in [6, 6.07) is 0. The Morgan fingerprint density at radius 3 is 1.71 bits per heavy atom. The molecule has 0 aromatic heterocycles. The lowest BCUT2D eigenvalue weighted by Crippen LogP contribution is -2.44. The van der Waals surface area contributed by atoms with E-state index in [1.54, 1.807) is 19.2 Å². The Kier molecular flexibility index (Phi) is 7.17. The van der Waals surface area contributed by atoms with Gasteiger partial charge >= 0.3 is 12.1 Å². The van der Waals surface area contributed by atoms with Crippen LogP contribution in [0.3, 0.4) is 0 Å². The molecule has 0 aliphatic rings. The van der Waals surface area contributed by atoms with Crippen LogP contribution >= 0.6 is 0 Å². The molecule has 0 atom stereocenters. The van der Waals surface area contributed by atoms with Crippen molar-refractivity contribution in [2.75, 3.05) is 13.1 Å². The van der Waals surface area contributed by atoms with E-state index in [-0.39, 0.29) is 19.4 Å². The minimum absolute atomic E-state index is 0.180. The number of alkyl halides is 3. The molecular weight excluding hydrogens is 293 g/mol. The minimum Gasteiger partial charge on any atom is -0.481 e. The van der Waals surface area contributed by atoms with Gasteiger partial charge in [-0.15, -0.1) is 0 Å². The summed E-state index contributed by atoms with van der Waals surface area (Å²) < 4.78 is 35.6. The van der Waals surface area contributed by atoms with Gasteiger partial charge < -0.3 is 15.7 Å². The second-order valence-corrected chi connectivity index (χ2v) is 4.64. The molecule has 0 aromatic rings. The van der Waals surface area contributed by atoms with Crippen molar-refractivity contribution in [1.29, 1.82) is 0 Å². The zero-order valence-corrected chi connectivity index (χ0v) is 11.8. The topological polar surface area (TPSA) is 95.5 Å². The van der Waals surface area contributed by atoms with Gasteiger partial charge in [-0.25, -0.2) is 0 Å². The quantitative estimate of drug-likeness (QED) is 0.584. The van der Waals surface area contributed by atoms with Gasteiger partial charge in [0, 0.05) is 6.54 Å². The van der Waals surface area contributed by atoms with Crippen LogP contribution in [0.5, 0.6) is 0 Å². The lowest BCUT2D eigenvalue weighted by atomic mass is 9.82. The van der Waals surface area contributed by atoms with E-state index in [1.165, 1.54) is 0 Å². The van der Waals surface area contributed by atoms with Gasteiger partial charge in [-0.3, -0.25) is 14.4 Å². The number of carboxylic acids is 1. The van der Waals surface area contributed by atoms with Crippen molar-refractivity contribution in [1.82, 2.24) is 10.6 Å². The number of hydrogen-bond acceptors (Lipinski definition) is 3. The van der Waals surface area contributed by atoms with Crippen LogP contribution in [0.25, 0.3) is 0 Å². The monoisotopic (exact) mass is 312 g/mol. The van der Waals surface area contributed by atoms with Crippen molar-refractivity contribution in [3.05, 3.63) is 0 Å². The molecule has 0 fully saturated rings. The molecular formula is C12H19F3N2O4. The Morgan fingerprint density at radius 2 is 1.38 bits per heavy atom. The van der Waals surface area contributed by atoms with E-state index in [2.05, 4.69) is 5.32 Å². The fourth-order valence-electron chi connectivity index (χ4n) is 1.62. The molecule has 6 nitrogen and oxygen atoms in total. The highest BCUT2D eigenvalue weighted by Crippen LogP contribution is 2.25. The molecule has 3 N–H and O–H groups in total. The van der Waals surface area contributed by atoms with Gasteiger partial charge in [0.25, 0.3) is 0 Å². The fourth-order valence-corrected chi connectivity index (χ4v) is 1.62. The third-order valence-electron chi connectivity index (χ3n) is 3.24. The Balaban J connectivity index is 4.32. The molecule has 0 bridgehead atoms. The van der Waals surface area contributed by atoms with E-state index >= 15 is 0 Å². The van der Waals surface area contributed by atoms with Crippen molar-refractivity contribution < 1.29 is 32.7 Å². The van der Waals surface area contributed by atoms with E-state index in [0.717, 1.165) is 0 Å². The second kappa shape index (κ2) is 7.84. The maximum absolute atomic E-state index is 11.9. The molecule has 2 amide bonds. The van der Waals surface area contributed by atoms with Gasteiger partial charge in [0.15, 0.2) is 0 Å². The summed E-state index contributed by atoms with van der Waals surface area (Å²) in [6.45, 7) is 1.61. The number of amides is 2. The van der Waals surface area contributed by atoms with Crippen molar-refractivity contribution >= 4 is 17.8 Å². The number of carbonyl (C=O) groups excluding carboxylic acids is 2. The summed E-state index contributed by atoms with van der Waals surface area (Å²) in [4.78, 5) is 33.7. The molecule has 0 saturated heterocycles. The van der Waals surface area contributed by atoms with Crippen LogP contribution in [0.1, 0.15) is 33.1 Å². The molecule has 21 heavy (non-hydrogen) atoms. The van der Waals surface area contributed by atoms with Crippen LogP contribution in [0.15, 0.2) is 0 Å².